The first-order valence-electron chi connectivity index (χ1n) is 8.86. The number of likely N-dealkylation sites (N-methyl/N-ethyl adjacent to an activating group) is 1. The fraction of sp³-hybridized carbons (Fsp3) is 0.611. The summed E-state index contributed by atoms with van der Waals surface area (Å²) in [5, 5.41) is 6.79. The van der Waals surface area contributed by atoms with E-state index in [9.17, 15) is 4.79 Å². The maximum absolute atomic E-state index is 11.8. The van der Waals surface area contributed by atoms with Crippen molar-refractivity contribution in [1.29, 1.82) is 0 Å². The van der Waals surface area contributed by atoms with E-state index in [4.69, 9.17) is 0 Å². The van der Waals surface area contributed by atoms with Gasteiger partial charge in [-0.3, -0.25) is 4.79 Å². The number of rotatable bonds is 6. The van der Waals surface area contributed by atoms with Crippen molar-refractivity contribution < 1.29 is 4.79 Å². The second kappa shape index (κ2) is 9.25. The molecule has 1 fully saturated rings. The predicted molar refractivity (Wildman–Crippen MR) is 102 cm³/mol. The minimum absolute atomic E-state index is 0.00724. The molecule has 1 aliphatic rings. The quantitative estimate of drug-likeness (QED) is 0.592. The number of nitrogens with zero attached hydrogens (tertiary/aromatic N) is 4. The lowest BCUT2D eigenvalue weighted by molar-refractivity contribution is -0.127. The Bertz CT molecular complexity index is 572. The van der Waals surface area contributed by atoms with Gasteiger partial charge in [-0.1, -0.05) is 19.9 Å². The van der Waals surface area contributed by atoms with Crippen LogP contribution in [0.5, 0.6) is 0 Å². The Labute approximate surface area is 150 Å². The third kappa shape index (κ3) is 6.25. The van der Waals surface area contributed by atoms with Gasteiger partial charge in [0.2, 0.25) is 5.91 Å². The molecule has 138 valence electrons. The second-order valence-corrected chi connectivity index (χ2v) is 6.99. The van der Waals surface area contributed by atoms with Crippen molar-refractivity contribution in [2.75, 3.05) is 45.2 Å². The largest absolute Gasteiger partial charge is 0.356 e. The van der Waals surface area contributed by atoms with Gasteiger partial charge in [-0.25, -0.2) is 9.98 Å². The Morgan fingerprint density at radius 2 is 2.24 bits per heavy atom. The standard InChI is InChI=1S/C18H30N6O/c1-14(2)11-20-18(21-12-17(25)23(3)4)22-15-8-10-24(13-15)16-7-5-6-9-19-16/h5-7,9,14-15H,8,10-13H2,1-4H3,(H2,20,21,22)/t15-/m0/s1. The highest BCUT2D eigenvalue weighted by molar-refractivity contribution is 5.85. The van der Waals surface area contributed by atoms with Crippen LogP contribution in [0.15, 0.2) is 29.4 Å². The number of pyridine rings is 1. The molecule has 1 amide bonds. The van der Waals surface area contributed by atoms with Crippen LogP contribution in [0, 0.1) is 5.92 Å². The van der Waals surface area contributed by atoms with Crippen LogP contribution in [0.25, 0.3) is 0 Å². The van der Waals surface area contributed by atoms with E-state index < -0.39 is 0 Å². The summed E-state index contributed by atoms with van der Waals surface area (Å²) in [5.41, 5.74) is 0. The van der Waals surface area contributed by atoms with Crippen molar-refractivity contribution in [3.8, 4) is 0 Å². The summed E-state index contributed by atoms with van der Waals surface area (Å²) in [6.07, 6.45) is 2.83. The Hall–Kier alpha value is -2.31. The molecule has 0 radical (unpaired) electrons. The molecule has 2 rings (SSSR count). The van der Waals surface area contributed by atoms with E-state index in [0.717, 1.165) is 31.9 Å². The van der Waals surface area contributed by atoms with Gasteiger partial charge < -0.3 is 20.4 Å². The van der Waals surface area contributed by atoms with E-state index in [0.29, 0.717) is 11.9 Å². The Morgan fingerprint density at radius 1 is 1.44 bits per heavy atom. The van der Waals surface area contributed by atoms with Crippen LogP contribution in [0.4, 0.5) is 5.82 Å². The number of amides is 1. The van der Waals surface area contributed by atoms with Crippen molar-refractivity contribution in [2.45, 2.75) is 26.3 Å². The molecule has 1 aliphatic heterocycles. The fourth-order valence-electron chi connectivity index (χ4n) is 2.56. The number of aliphatic imine (C=N–C) groups is 1. The van der Waals surface area contributed by atoms with Gasteiger partial charge in [0.1, 0.15) is 12.4 Å². The van der Waals surface area contributed by atoms with Crippen LogP contribution in [-0.4, -0.2) is 68.1 Å². The van der Waals surface area contributed by atoms with Crippen LogP contribution in [0.1, 0.15) is 20.3 Å². The van der Waals surface area contributed by atoms with Crippen LogP contribution in [0.2, 0.25) is 0 Å². The Kier molecular flexibility index (Phi) is 7.03. The highest BCUT2D eigenvalue weighted by atomic mass is 16.2. The first-order valence-corrected chi connectivity index (χ1v) is 8.86. The first kappa shape index (κ1) is 19.0. The fourth-order valence-corrected chi connectivity index (χ4v) is 2.56. The SMILES string of the molecule is CC(C)CNC(=NCC(=O)N(C)C)N[C@H]1CCN(c2ccccn2)C1. The van der Waals surface area contributed by atoms with Gasteiger partial charge >= 0.3 is 0 Å². The van der Waals surface area contributed by atoms with E-state index >= 15 is 0 Å². The smallest absolute Gasteiger partial charge is 0.243 e. The molecule has 0 unspecified atom stereocenters. The number of hydrogen-bond acceptors (Lipinski definition) is 4. The van der Waals surface area contributed by atoms with Crippen LogP contribution >= 0.6 is 0 Å². The van der Waals surface area contributed by atoms with Crippen molar-refractivity contribution in [3.63, 3.8) is 0 Å². The summed E-state index contributed by atoms with van der Waals surface area (Å²) in [7, 11) is 3.49. The molecule has 0 spiro atoms. The third-order valence-corrected chi connectivity index (χ3v) is 4.05. The second-order valence-electron chi connectivity index (χ2n) is 6.99. The molecule has 0 saturated carbocycles. The van der Waals surface area contributed by atoms with Crippen molar-refractivity contribution in [2.24, 2.45) is 10.9 Å². The molecule has 2 N–H and O–H groups in total. The number of carbonyl (C=O) groups excluding carboxylic acids is 1. The minimum Gasteiger partial charge on any atom is -0.356 e. The van der Waals surface area contributed by atoms with Crippen molar-refractivity contribution in [1.82, 2.24) is 20.5 Å². The number of anilines is 1. The van der Waals surface area contributed by atoms with Gasteiger partial charge in [-0.2, -0.15) is 0 Å². The summed E-state index contributed by atoms with van der Waals surface area (Å²) in [6.45, 7) is 7.10. The maximum Gasteiger partial charge on any atom is 0.243 e. The van der Waals surface area contributed by atoms with E-state index in [1.165, 1.54) is 0 Å². The Balaban J connectivity index is 1.94. The lowest BCUT2D eigenvalue weighted by Gasteiger charge is -2.20. The summed E-state index contributed by atoms with van der Waals surface area (Å²) >= 11 is 0. The molecule has 7 heteroatoms. The zero-order valence-electron chi connectivity index (χ0n) is 15.7. The molecular formula is C18H30N6O. The van der Waals surface area contributed by atoms with Crippen molar-refractivity contribution >= 4 is 17.7 Å². The monoisotopic (exact) mass is 346 g/mol. The lowest BCUT2D eigenvalue weighted by Crippen LogP contribution is -2.46. The first-order chi connectivity index (χ1) is 12.0. The molecule has 0 bridgehead atoms. The van der Waals surface area contributed by atoms with E-state index in [2.05, 4.69) is 39.4 Å². The van der Waals surface area contributed by atoms with Gasteiger partial charge in [0.05, 0.1) is 0 Å². The zero-order valence-corrected chi connectivity index (χ0v) is 15.7. The van der Waals surface area contributed by atoms with Crippen molar-refractivity contribution in [3.05, 3.63) is 24.4 Å². The van der Waals surface area contributed by atoms with Crippen LogP contribution in [0.3, 0.4) is 0 Å². The van der Waals surface area contributed by atoms with Gasteiger partial charge in [0.15, 0.2) is 5.96 Å². The minimum atomic E-state index is -0.00724. The molecular weight excluding hydrogens is 316 g/mol. The molecule has 1 saturated heterocycles. The van der Waals surface area contributed by atoms with Crippen LogP contribution < -0.4 is 15.5 Å². The average Bonchev–Trinajstić information content (AvgIpc) is 3.06. The summed E-state index contributed by atoms with van der Waals surface area (Å²) < 4.78 is 0. The van der Waals surface area contributed by atoms with E-state index in [1.807, 2.05) is 24.4 Å². The number of nitrogens with one attached hydrogen (secondary N) is 2. The molecule has 1 aromatic rings. The molecule has 0 aliphatic carbocycles. The molecule has 25 heavy (non-hydrogen) atoms. The van der Waals surface area contributed by atoms with Gasteiger partial charge in [0.25, 0.3) is 0 Å². The van der Waals surface area contributed by atoms with E-state index in [1.54, 1.807) is 19.0 Å². The van der Waals surface area contributed by atoms with Gasteiger partial charge in [-0.05, 0) is 24.5 Å². The summed E-state index contributed by atoms with van der Waals surface area (Å²) in [6, 6.07) is 6.25. The normalized spacial score (nSPS) is 17.7. The third-order valence-electron chi connectivity index (χ3n) is 4.05. The molecule has 2 heterocycles. The summed E-state index contributed by atoms with van der Waals surface area (Å²) in [5.74, 6) is 2.21. The van der Waals surface area contributed by atoms with Gasteiger partial charge in [-0.15, -0.1) is 0 Å². The zero-order chi connectivity index (χ0) is 18.2. The van der Waals surface area contributed by atoms with E-state index in [-0.39, 0.29) is 18.5 Å². The van der Waals surface area contributed by atoms with Gasteiger partial charge in [0, 0.05) is 46.0 Å². The number of aromatic nitrogens is 1. The molecule has 0 aromatic carbocycles. The molecule has 1 aromatic heterocycles. The number of carbonyl (C=O) groups is 1. The van der Waals surface area contributed by atoms with Crippen LogP contribution in [-0.2, 0) is 4.79 Å². The average molecular weight is 346 g/mol. The predicted octanol–water partition coefficient (Wildman–Crippen LogP) is 0.940. The molecule has 1 atom stereocenters. The highest BCUT2D eigenvalue weighted by Crippen LogP contribution is 2.17. The molecule has 7 nitrogen and oxygen atoms in total. The Morgan fingerprint density at radius 3 is 2.88 bits per heavy atom. The maximum atomic E-state index is 11.8. The highest BCUT2D eigenvalue weighted by Gasteiger charge is 2.24. The number of hydrogen-bond donors (Lipinski definition) is 2. The lowest BCUT2D eigenvalue weighted by atomic mass is 10.2. The number of guanidine groups is 1. The summed E-state index contributed by atoms with van der Waals surface area (Å²) in [4.78, 5) is 24.5. The topological polar surface area (TPSA) is 72.9 Å².